The third-order valence-corrected chi connectivity index (χ3v) is 6.95. The van der Waals surface area contributed by atoms with Gasteiger partial charge in [-0.15, -0.1) is 12.4 Å². The van der Waals surface area contributed by atoms with E-state index in [1.807, 2.05) is 18.2 Å². The van der Waals surface area contributed by atoms with Crippen LogP contribution < -0.4 is 20.3 Å². The maximum absolute atomic E-state index is 12.8. The quantitative estimate of drug-likeness (QED) is 0.421. The molecule has 3 aromatic rings. The zero-order valence-electron chi connectivity index (χ0n) is 19.8. The first-order valence-corrected chi connectivity index (χ1v) is 11.8. The van der Waals surface area contributed by atoms with Crippen LogP contribution in [0, 0.1) is 0 Å². The lowest BCUT2D eigenvalue weighted by Gasteiger charge is -2.39. The highest BCUT2D eigenvalue weighted by Gasteiger charge is 2.31. The lowest BCUT2D eigenvalue weighted by atomic mass is 9.91. The zero-order chi connectivity index (χ0) is 22.9. The molecule has 1 heterocycles. The molecule has 0 radical (unpaired) electrons. The van der Waals surface area contributed by atoms with Gasteiger partial charge in [-0.05, 0) is 52.4 Å². The molecule has 0 saturated carbocycles. The van der Waals surface area contributed by atoms with Gasteiger partial charge in [-0.1, -0.05) is 49.7 Å². The number of nitrogens with two attached hydrogens (primary N) is 1. The van der Waals surface area contributed by atoms with Crippen molar-refractivity contribution in [3.05, 3.63) is 76.9 Å². The highest BCUT2D eigenvalue weighted by atomic mass is 35.5. The van der Waals surface area contributed by atoms with Crippen molar-refractivity contribution in [2.75, 3.05) is 43.1 Å². The van der Waals surface area contributed by atoms with Gasteiger partial charge in [0.15, 0.2) is 0 Å². The van der Waals surface area contributed by atoms with Crippen LogP contribution in [0.25, 0.3) is 11.1 Å². The van der Waals surface area contributed by atoms with Crippen molar-refractivity contribution in [1.82, 2.24) is 0 Å². The van der Waals surface area contributed by atoms with Crippen molar-refractivity contribution < 1.29 is 9.53 Å². The summed E-state index contributed by atoms with van der Waals surface area (Å²) in [6, 6.07) is 19.0. The molecule has 3 aromatic carbocycles. The number of primary amides is 1. The average Bonchev–Trinajstić information content (AvgIpc) is 3.21. The summed E-state index contributed by atoms with van der Waals surface area (Å²) in [6.45, 7) is 5.53. The molecular formula is C28H32ClN3O2. The topological polar surface area (TPSA) is 58.8 Å². The highest BCUT2D eigenvalue weighted by Crippen LogP contribution is 2.45. The van der Waals surface area contributed by atoms with Crippen LogP contribution in [0.1, 0.15) is 40.4 Å². The molecule has 1 saturated heterocycles. The normalized spacial score (nSPS) is 14.3. The van der Waals surface area contributed by atoms with E-state index in [2.05, 4.69) is 53.1 Å². The molecule has 1 aliphatic carbocycles. The molecule has 0 unspecified atom stereocenters. The molecular weight excluding hydrogens is 446 g/mol. The standard InChI is InChI=1S/C28H31N3O2.ClH/c1-3-8-20-18-22-21-10-5-4-9-19(21)17-23(22)27(26(20)28(29)32)31-15-13-30(14-16-31)24-11-6-7-12-25(24)33-2;/h4-7,9-12,18H,3,8,13-17H2,1-2H3,(H2,29,32);1H. The molecule has 2 N–H and O–H groups in total. The van der Waals surface area contributed by atoms with Gasteiger partial charge < -0.3 is 20.3 Å². The molecule has 2 aliphatic rings. The number of aryl methyl sites for hydroxylation is 1. The number of fused-ring (bicyclic) bond motifs is 3. The van der Waals surface area contributed by atoms with Gasteiger partial charge in [0.2, 0.25) is 0 Å². The molecule has 1 fully saturated rings. The summed E-state index contributed by atoms with van der Waals surface area (Å²) in [7, 11) is 1.72. The van der Waals surface area contributed by atoms with Crippen molar-refractivity contribution in [3.8, 4) is 16.9 Å². The van der Waals surface area contributed by atoms with Gasteiger partial charge in [0.05, 0.1) is 24.0 Å². The molecule has 178 valence electrons. The number of para-hydroxylation sites is 2. The van der Waals surface area contributed by atoms with Gasteiger partial charge in [-0.2, -0.15) is 0 Å². The van der Waals surface area contributed by atoms with E-state index in [0.717, 1.165) is 68.1 Å². The van der Waals surface area contributed by atoms with Crippen molar-refractivity contribution in [2.45, 2.75) is 26.2 Å². The van der Waals surface area contributed by atoms with E-state index in [4.69, 9.17) is 10.5 Å². The predicted molar refractivity (Wildman–Crippen MR) is 142 cm³/mol. The van der Waals surface area contributed by atoms with E-state index < -0.39 is 0 Å². The third-order valence-electron chi connectivity index (χ3n) is 6.95. The van der Waals surface area contributed by atoms with Crippen LogP contribution in [0.4, 0.5) is 11.4 Å². The Morgan fingerprint density at radius 2 is 1.65 bits per heavy atom. The predicted octanol–water partition coefficient (Wildman–Crippen LogP) is 5.07. The largest absolute Gasteiger partial charge is 0.495 e. The van der Waals surface area contributed by atoms with Crippen molar-refractivity contribution in [2.24, 2.45) is 5.73 Å². The first-order chi connectivity index (χ1) is 16.1. The van der Waals surface area contributed by atoms with E-state index in [9.17, 15) is 4.79 Å². The molecule has 5 rings (SSSR count). The number of nitrogens with zero attached hydrogens (tertiary/aromatic N) is 2. The Hall–Kier alpha value is -3.18. The fraction of sp³-hybridized carbons (Fsp3) is 0.321. The summed E-state index contributed by atoms with van der Waals surface area (Å²) in [5.41, 5.74) is 15.1. The maximum Gasteiger partial charge on any atom is 0.251 e. The van der Waals surface area contributed by atoms with Crippen LogP contribution in [0.3, 0.4) is 0 Å². The number of piperazine rings is 1. The molecule has 5 nitrogen and oxygen atoms in total. The van der Waals surface area contributed by atoms with Gasteiger partial charge in [-0.25, -0.2) is 0 Å². The lowest BCUT2D eigenvalue weighted by Crippen LogP contribution is -2.47. The molecule has 0 aromatic heterocycles. The van der Waals surface area contributed by atoms with E-state index >= 15 is 0 Å². The number of methoxy groups -OCH3 is 1. The lowest BCUT2D eigenvalue weighted by molar-refractivity contribution is 0.0999. The van der Waals surface area contributed by atoms with Crippen molar-refractivity contribution in [1.29, 1.82) is 0 Å². The van der Waals surface area contributed by atoms with E-state index in [1.54, 1.807) is 7.11 Å². The Kier molecular flexibility index (Phi) is 7.03. The molecule has 6 heteroatoms. The third kappa shape index (κ3) is 4.09. The number of halogens is 1. The van der Waals surface area contributed by atoms with Crippen LogP contribution in [-0.4, -0.2) is 39.2 Å². The smallest absolute Gasteiger partial charge is 0.251 e. The van der Waals surface area contributed by atoms with Crippen LogP contribution >= 0.6 is 12.4 Å². The van der Waals surface area contributed by atoms with Crippen molar-refractivity contribution >= 4 is 29.7 Å². The Labute approximate surface area is 207 Å². The number of ether oxygens (including phenoxy) is 1. The van der Waals surface area contributed by atoms with Gasteiger partial charge >= 0.3 is 0 Å². The fourth-order valence-corrected chi connectivity index (χ4v) is 5.46. The monoisotopic (exact) mass is 477 g/mol. The molecule has 0 spiro atoms. The van der Waals surface area contributed by atoms with Gasteiger partial charge in [-0.3, -0.25) is 4.79 Å². The van der Waals surface area contributed by atoms with E-state index in [1.165, 1.54) is 22.3 Å². The number of hydrogen-bond acceptors (Lipinski definition) is 4. The highest BCUT2D eigenvalue weighted by molar-refractivity contribution is 6.03. The minimum absolute atomic E-state index is 0. The first-order valence-electron chi connectivity index (χ1n) is 11.8. The fourth-order valence-electron chi connectivity index (χ4n) is 5.46. The zero-order valence-corrected chi connectivity index (χ0v) is 20.7. The van der Waals surface area contributed by atoms with Crippen LogP contribution in [0.2, 0.25) is 0 Å². The maximum atomic E-state index is 12.8. The molecule has 1 aliphatic heterocycles. The summed E-state index contributed by atoms with van der Waals surface area (Å²) in [6.07, 6.45) is 2.67. The van der Waals surface area contributed by atoms with Crippen LogP contribution in [0.5, 0.6) is 5.75 Å². The van der Waals surface area contributed by atoms with Crippen molar-refractivity contribution in [3.63, 3.8) is 0 Å². The number of carbonyl (C=O) groups is 1. The van der Waals surface area contributed by atoms with Crippen LogP contribution in [-0.2, 0) is 12.8 Å². The molecule has 34 heavy (non-hydrogen) atoms. The van der Waals surface area contributed by atoms with E-state index in [0.29, 0.717) is 5.56 Å². The van der Waals surface area contributed by atoms with Gasteiger partial charge in [0.25, 0.3) is 5.91 Å². The SMILES string of the molecule is CCCc1cc2c(c(N3CCN(c4ccccc4OC)CC3)c1C(N)=O)Cc1ccccc1-2.Cl. The Bertz CT molecular complexity index is 1200. The second kappa shape index (κ2) is 9.98. The summed E-state index contributed by atoms with van der Waals surface area (Å²) >= 11 is 0. The minimum atomic E-state index is -0.320. The number of hydrogen-bond donors (Lipinski definition) is 1. The van der Waals surface area contributed by atoms with E-state index in [-0.39, 0.29) is 18.3 Å². The summed E-state index contributed by atoms with van der Waals surface area (Å²) < 4.78 is 5.58. The second-order valence-electron chi connectivity index (χ2n) is 8.88. The summed E-state index contributed by atoms with van der Waals surface area (Å²) in [5.74, 6) is 0.574. The number of amides is 1. The Morgan fingerprint density at radius 3 is 2.35 bits per heavy atom. The van der Waals surface area contributed by atoms with Crippen LogP contribution in [0.15, 0.2) is 54.6 Å². The van der Waals surface area contributed by atoms with Gasteiger partial charge in [0.1, 0.15) is 5.75 Å². The number of anilines is 2. The Morgan fingerprint density at radius 1 is 0.971 bits per heavy atom. The average molecular weight is 478 g/mol. The second-order valence-corrected chi connectivity index (χ2v) is 8.88. The molecule has 0 bridgehead atoms. The first kappa shape index (κ1) is 24.0. The van der Waals surface area contributed by atoms with Gasteiger partial charge in [0, 0.05) is 32.6 Å². The molecule has 0 atom stereocenters. The number of benzene rings is 3. The Balaban J connectivity index is 0.00000274. The molecule has 1 amide bonds. The minimum Gasteiger partial charge on any atom is -0.495 e. The summed E-state index contributed by atoms with van der Waals surface area (Å²) in [4.78, 5) is 17.5. The number of rotatable bonds is 6. The number of carbonyl (C=O) groups excluding carboxylic acids is 1. The summed E-state index contributed by atoms with van der Waals surface area (Å²) in [5, 5.41) is 0.